The second-order valence-corrected chi connectivity index (χ2v) is 10.1. The maximum atomic E-state index is 12.9. The predicted molar refractivity (Wildman–Crippen MR) is 118 cm³/mol. The largest absolute Gasteiger partial charge is 0.352 e. The van der Waals surface area contributed by atoms with Gasteiger partial charge in [0.2, 0.25) is 10.0 Å². The zero-order chi connectivity index (χ0) is 21.5. The molecule has 1 fully saturated rings. The third kappa shape index (κ3) is 3.91. The van der Waals surface area contributed by atoms with Gasteiger partial charge in [0.25, 0.3) is 0 Å². The van der Waals surface area contributed by atoms with E-state index < -0.39 is 10.0 Å². The van der Waals surface area contributed by atoms with Gasteiger partial charge in [-0.05, 0) is 12.5 Å². The molecule has 1 saturated heterocycles. The van der Waals surface area contributed by atoms with Crippen molar-refractivity contribution < 1.29 is 8.42 Å². The molecule has 4 rings (SSSR count). The Bertz CT molecular complexity index is 1150. The van der Waals surface area contributed by atoms with Gasteiger partial charge in [-0.3, -0.25) is 4.68 Å². The number of piperazine rings is 1. The van der Waals surface area contributed by atoms with Crippen molar-refractivity contribution in [3.05, 3.63) is 47.4 Å². The lowest BCUT2D eigenvalue weighted by atomic mass is 10.2. The van der Waals surface area contributed by atoms with E-state index in [1.807, 2.05) is 49.0 Å². The summed E-state index contributed by atoms with van der Waals surface area (Å²) in [7, 11) is -1.45. The highest BCUT2D eigenvalue weighted by Crippen LogP contribution is 2.29. The summed E-state index contributed by atoms with van der Waals surface area (Å²) in [5.41, 5.74) is 3.45. The van der Waals surface area contributed by atoms with Crippen LogP contribution < -0.4 is 4.90 Å². The Morgan fingerprint density at radius 1 is 1.03 bits per heavy atom. The highest BCUT2D eigenvalue weighted by atomic mass is 32.2. The van der Waals surface area contributed by atoms with Crippen molar-refractivity contribution in [3.8, 4) is 0 Å². The van der Waals surface area contributed by atoms with Crippen molar-refractivity contribution in [1.29, 1.82) is 0 Å². The van der Waals surface area contributed by atoms with Gasteiger partial charge < -0.3 is 4.90 Å². The van der Waals surface area contributed by atoms with E-state index in [0.717, 1.165) is 33.9 Å². The molecular weight excluding hydrogens is 400 g/mol. The summed E-state index contributed by atoms with van der Waals surface area (Å²) in [5.74, 6) is 1.85. The van der Waals surface area contributed by atoms with Gasteiger partial charge in [-0.2, -0.15) is 9.40 Å². The standard InChI is InChI=1S/C21H28N6O2S/c1-15(2)20-22-18-16(3)24-25(4)19(18)21(23-20)26-10-12-27(13-11-26)30(28,29)14-17-8-6-5-7-9-17/h5-9,15H,10-14H2,1-4H3. The van der Waals surface area contributed by atoms with E-state index in [1.54, 1.807) is 4.31 Å². The summed E-state index contributed by atoms with van der Waals surface area (Å²) in [6.07, 6.45) is 0. The second kappa shape index (κ2) is 7.96. The lowest BCUT2D eigenvalue weighted by Gasteiger charge is -2.35. The molecule has 1 aliphatic heterocycles. The molecule has 0 amide bonds. The van der Waals surface area contributed by atoms with Crippen LogP contribution in [0.5, 0.6) is 0 Å². The van der Waals surface area contributed by atoms with Crippen LogP contribution in [0.4, 0.5) is 5.82 Å². The van der Waals surface area contributed by atoms with Crippen LogP contribution in [0.1, 0.15) is 36.8 Å². The van der Waals surface area contributed by atoms with Gasteiger partial charge in [0, 0.05) is 39.1 Å². The summed E-state index contributed by atoms with van der Waals surface area (Å²) in [5, 5.41) is 4.53. The molecule has 1 aromatic carbocycles. The van der Waals surface area contributed by atoms with Crippen molar-refractivity contribution in [1.82, 2.24) is 24.1 Å². The predicted octanol–water partition coefficient (Wildman–Crippen LogP) is 2.45. The Morgan fingerprint density at radius 3 is 2.33 bits per heavy atom. The Labute approximate surface area is 177 Å². The summed E-state index contributed by atoms with van der Waals surface area (Å²) in [6.45, 7) is 8.15. The molecule has 0 radical (unpaired) electrons. The molecule has 160 valence electrons. The maximum absolute atomic E-state index is 12.9. The van der Waals surface area contributed by atoms with Crippen LogP contribution in [0, 0.1) is 6.92 Å². The number of aryl methyl sites for hydroxylation is 2. The van der Waals surface area contributed by atoms with Gasteiger partial charge in [0.1, 0.15) is 16.9 Å². The fourth-order valence-corrected chi connectivity index (χ4v) is 5.38. The van der Waals surface area contributed by atoms with Crippen LogP contribution in [0.3, 0.4) is 0 Å². The molecule has 0 unspecified atom stereocenters. The fraction of sp³-hybridized carbons (Fsp3) is 0.476. The molecule has 3 aromatic rings. The van der Waals surface area contributed by atoms with Gasteiger partial charge in [-0.1, -0.05) is 44.2 Å². The molecule has 0 spiro atoms. The summed E-state index contributed by atoms with van der Waals surface area (Å²) in [6, 6.07) is 9.33. The Kier molecular flexibility index (Phi) is 5.50. The average molecular weight is 429 g/mol. The Balaban J connectivity index is 1.58. The first-order valence-corrected chi connectivity index (χ1v) is 11.8. The van der Waals surface area contributed by atoms with Crippen LogP contribution in [0.15, 0.2) is 30.3 Å². The van der Waals surface area contributed by atoms with Crippen LogP contribution in [-0.2, 0) is 22.8 Å². The van der Waals surface area contributed by atoms with Gasteiger partial charge in [-0.15, -0.1) is 0 Å². The lowest BCUT2D eigenvalue weighted by molar-refractivity contribution is 0.383. The first-order chi connectivity index (χ1) is 14.3. The molecule has 0 saturated carbocycles. The molecule has 0 bridgehead atoms. The topological polar surface area (TPSA) is 84.2 Å². The number of fused-ring (bicyclic) bond motifs is 1. The minimum absolute atomic E-state index is 0.0318. The quantitative estimate of drug-likeness (QED) is 0.621. The van der Waals surface area contributed by atoms with Gasteiger partial charge in [0.15, 0.2) is 5.82 Å². The monoisotopic (exact) mass is 428 g/mol. The van der Waals surface area contributed by atoms with Crippen molar-refractivity contribution >= 4 is 26.9 Å². The van der Waals surface area contributed by atoms with Crippen LogP contribution in [-0.4, -0.2) is 58.7 Å². The molecule has 0 aliphatic carbocycles. The van der Waals surface area contributed by atoms with E-state index >= 15 is 0 Å². The van der Waals surface area contributed by atoms with Crippen molar-refractivity contribution in [2.75, 3.05) is 31.1 Å². The summed E-state index contributed by atoms with van der Waals surface area (Å²) < 4.78 is 29.2. The van der Waals surface area contributed by atoms with Crippen molar-refractivity contribution in [3.63, 3.8) is 0 Å². The van der Waals surface area contributed by atoms with E-state index in [1.165, 1.54) is 0 Å². The molecule has 30 heavy (non-hydrogen) atoms. The van der Waals surface area contributed by atoms with Crippen LogP contribution in [0.25, 0.3) is 11.0 Å². The molecule has 0 N–H and O–H groups in total. The highest BCUT2D eigenvalue weighted by Gasteiger charge is 2.29. The van der Waals surface area contributed by atoms with E-state index in [9.17, 15) is 8.42 Å². The van der Waals surface area contributed by atoms with Gasteiger partial charge in [0.05, 0.1) is 11.4 Å². The molecule has 2 aromatic heterocycles. The number of sulfonamides is 1. The van der Waals surface area contributed by atoms with E-state index in [0.29, 0.717) is 26.2 Å². The minimum atomic E-state index is -3.35. The van der Waals surface area contributed by atoms with E-state index in [4.69, 9.17) is 9.97 Å². The molecular formula is C21H28N6O2S. The number of hydrogen-bond donors (Lipinski definition) is 0. The Morgan fingerprint density at radius 2 is 1.70 bits per heavy atom. The third-order valence-corrected chi connectivity index (χ3v) is 7.34. The Hall–Kier alpha value is -2.52. The average Bonchev–Trinajstić information content (AvgIpc) is 3.01. The molecule has 8 nitrogen and oxygen atoms in total. The van der Waals surface area contributed by atoms with Crippen LogP contribution in [0.2, 0.25) is 0 Å². The smallest absolute Gasteiger partial charge is 0.218 e. The molecule has 0 atom stereocenters. The summed E-state index contributed by atoms with van der Waals surface area (Å²) in [4.78, 5) is 11.7. The normalized spacial score (nSPS) is 16.0. The number of nitrogens with zero attached hydrogens (tertiary/aromatic N) is 6. The van der Waals surface area contributed by atoms with Gasteiger partial charge >= 0.3 is 0 Å². The maximum Gasteiger partial charge on any atom is 0.218 e. The number of aromatic nitrogens is 4. The van der Waals surface area contributed by atoms with Gasteiger partial charge in [-0.25, -0.2) is 18.4 Å². The first kappa shape index (κ1) is 20.7. The van der Waals surface area contributed by atoms with Crippen molar-refractivity contribution in [2.45, 2.75) is 32.4 Å². The summed E-state index contributed by atoms with van der Waals surface area (Å²) >= 11 is 0. The SMILES string of the molecule is Cc1nn(C)c2c(N3CCN(S(=O)(=O)Cc4ccccc4)CC3)nc(C(C)C)nc12. The van der Waals surface area contributed by atoms with E-state index in [-0.39, 0.29) is 11.7 Å². The first-order valence-electron chi connectivity index (χ1n) is 10.2. The van der Waals surface area contributed by atoms with Crippen molar-refractivity contribution in [2.24, 2.45) is 7.05 Å². The number of hydrogen-bond acceptors (Lipinski definition) is 6. The molecule has 9 heteroatoms. The lowest BCUT2D eigenvalue weighted by Crippen LogP contribution is -2.49. The molecule has 1 aliphatic rings. The second-order valence-electron chi connectivity index (χ2n) is 8.09. The molecule has 3 heterocycles. The van der Waals surface area contributed by atoms with Crippen LogP contribution >= 0.6 is 0 Å². The minimum Gasteiger partial charge on any atom is -0.352 e. The number of rotatable bonds is 5. The van der Waals surface area contributed by atoms with E-state index in [2.05, 4.69) is 23.8 Å². The zero-order valence-corrected chi connectivity index (χ0v) is 18.7. The third-order valence-electron chi connectivity index (χ3n) is 5.49. The highest BCUT2D eigenvalue weighted by molar-refractivity contribution is 7.88. The number of anilines is 1. The zero-order valence-electron chi connectivity index (χ0n) is 17.9. The fourth-order valence-electron chi connectivity index (χ4n) is 3.87. The number of benzene rings is 1.